The van der Waals surface area contributed by atoms with Gasteiger partial charge >= 0.3 is 5.97 Å². The van der Waals surface area contributed by atoms with Crippen LogP contribution >= 0.6 is 11.3 Å². The molecule has 1 saturated heterocycles. The van der Waals surface area contributed by atoms with Gasteiger partial charge in [0.05, 0.1) is 30.8 Å². The molecule has 0 bridgehead atoms. The molecule has 1 aromatic rings. The van der Waals surface area contributed by atoms with E-state index in [9.17, 15) is 9.59 Å². The van der Waals surface area contributed by atoms with Crippen molar-refractivity contribution < 1.29 is 19.1 Å². The lowest BCUT2D eigenvalue weighted by molar-refractivity contribution is -0.125. The third kappa shape index (κ3) is 3.09. The average Bonchev–Trinajstić information content (AvgIpc) is 2.95. The maximum Gasteiger partial charge on any atom is 0.341 e. The Hall–Kier alpha value is -1.44. The standard InChI is InChI=1S/C14H20N2O4S/c1-4-20-12(17)9-5-8(2)21-11(9)16-13(18)14(3)7-19-6-10(14)15/h5,10H,4,6-7,15H2,1-3H3,(H,16,18). The summed E-state index contributed by atoms with van der Waals surface area (Å²) in [6, 6.07) is 1.36. The molecule has 116 valence electrons. The lowest BCUT2D eigenvalue weighted by Crippen LogP contribution is -2.47. The molecule has 7 heteroatoms. The Morgan fingerprint density at radius 3 is 2.90 bits per heavy atom. The number of esters is 1. The molecule has 1 aliphatic heterocycles. The van der Waals surface area contributed by atoms with Crippen LogP contribution in [0.25, 0.3) is 0 Å². The van der Waals surface area contributed by atoms with Gasteiger partial charge in [-0.15, -0.1) is 11.3 Å². The van der Waals surface area contributed by atoms with Crippen LogP contribution in [0.4, 0.5) is 5.00 Å². The van der Waals surface area contributed by atoms with E-state index in [1.165, 1.54) is 11.3 Å². The lowest BCUT2D eigenvalue weighted by atomic mass is 9.85. The number of thiophene rings is 1. The lowest BCUT2D eigenvalue weighted by Gasteiger charge is -2.25. The molecule has 0 aliphatic carbocycles. The maximum absolute atomic E-state index is 12.5. The van der Waals surface area contributed by atoms with Crippen molar-refractivity contribution in [1.82, 2.24) is 0 Å². The first-order chi connectivity index (χ1) is 9.88. The Morgan fingerprint density at radius 1 is 1.62 bits per heavy atom. The molecular weight excluding hydrogens is 292 g/mol. The number of carbonyl (C=O) groups excluding carboxylic acids is 2. The zero-order valence-electron chi connectivity index (χ0n) is 12.4. The topological polar surface area (TPSA) is 90.6 Å². The summed E-state index contributed by atoms with van der Waals surface area (Å²) in [5.74, 6) is -0.672. The molecule has 1 fully saturated rings. The number of anilines is 1. The Labute approximate surface area is 127 Å². The summed E-state index contributed by atoms with van der Waals surface area (Å²) in [5.41, 5.74) is 5.54. The molecule has 1 aliphatic rings. The summed E-state index contributed by atoms with van der Waals surface area (Å²) >= 11 is 1.34. The SMILES string of the molecule is CCOC(=O)c1cc(C)sc1NC(=O)C1(C)COCC1N. The minimum absolute atomic E-state index is 0.236. The monoisotopic (exact) mass is 312 g/mol. The van der Waals surface area contributed by atoms with E-state index in [0.29, 0.717) is 17.2 Å². The summed E-state index contributed by atoms with van der Waals surface area (Å²) in [7, 11) is 0. The third-order valence-corrected chi connectivity index (χ3v) is 4.58. The van der Waals surface area contributed by atoms with Crippen LogP contribution in [0.15, 0.2) is 6.07 Å². The second-order valence-corrected chi connectivity index (χ2v) is 6.57. The van der Waals surface area contributed by atoms with E-state index < -0.39 is 11.4 Å². The molecule has 0 spiro atoms. The summed E-state index contributed by atoms with van der Waals surface area (Å²) in [6.07, 6.45) is 0. The molecule has 0 saturated carbocycles. The number of aryl methyl sites for hydroxylation is 1. The molecule has 2 atom stereocenters. The van der Waals surface area contributed by atoms with E-state index in [1.54, 1.807) is 19.9 Å². The molecule has 2 unspecified atom stereocenters. The maximum atomic E-state index is 12.5. The van der Waals surface area contributed by atoms with E-state index in [-0.39, 0.29) is 25.2 Å². The highest BCUT2D eigenvalue weighted by Gasteiger charge is 2.44. The number of hydrogen-bond acceptors (Lipinski definition) is 6. The molecule has 3 N–H and O–H groups in total. The number of nitrogens with two attached hydrogens (primary N) is 1. The van der Waals surface area contributed by atoms with Crippen LogP contribution in [-0.2, 0) is 14.3 Å². The van der Waals surface area contributed by atoms with Gasteiger partial charge in [-0.25, -0.2) is 4.79 Å². The molecule has 1 amide bonds. The van der Waals surface area contributed by atoms with Crippen LogP contribution in [0.3, 0.4) is 0 Å². The van der Waals surface area contributed by atoms with Crippen LogP contribution < -0.4 is 11.1 Å². The fraction of sp³-hybridized carbons (Fsp3) is 0.571. The van der Waals surface area contributed by atoms with Crippen molar-refractivity contribution in [2.45, 2.75) is 26.8 Å². The predicted molar refractivity (Wildman–Crippen MR) is 80.5 cm³/mol. The highest BCUT2D eigenvalue weighted by Crippen LogP contribution is 2.33. The van der Waals surface area contributed by atoms with Crippen molar-refractivity contribution in [3.63, 3.8) is 0 Å². The Bertz CT molecular complexity index is 557. The van der Waals surface area contributed by atoms with E-state index in [2.05, 4.69) is 5.32 Å². The second kappa shape index (κ2) is 6.13. The highest BCUT2D eigenvalue weighted by molar-refractivity contribution is 7.16. The summed E-state index contributed by atoms with van der Waals surface area (Å²) < 4.78 is 10.3. The van der Waals surface area contributed by atoms with E-state index in [1.807, 2.05) is 6.92 Å². The molecule has 21 heavy (non-hydrogen) atoms. The number of ether oxygens (including phenoxy) is 2. The van der Waals surface area contributed by atoms with Crippen molar-refractivity contribution in [2.75, 3.05) is 25.1 Å². The number of carbonyl (C=O) groups is 2. The molecule has 0 radical (unpaired) electrons. The molecule has 2 heterocycles. The van der Waals surface area contributed by atoms with Crippen molar-refractivity contribution in [2.24, 2.45) is 11.1 Å². The summed E-state index contributed by atoms with van der Waals surface area (Å²) in [5, 5.41) is 3.30. The first kappa shape index (κ1) is 15.9. The van der Waals surface area contributed by atoms with Crippen LogP contribution in [-0.4, -0.2) is 37.7 Å². The predicted octanol–water partition coefficient (Wildman–Crippen LogP) is 1.54. The van der Waals surface area contributed by atoms with Gasteiger partial charge in [0.25, 0.3) is 0 Å². The zero-order chi connectivity index (χ0) is 15.6. The van der Waals surface area contributed by atoms with Crippen molar-refractivity contribution in [1.29, 1.82) is 0 Å². The number of amides is 1. The number of nitrogens with one attached hydrogen (secondary N) is 1. The zero-order valence-corrected chi connectivity index (χ0v) is 13.2. The molecule has 2 rings (SSSR count). The third-order valence-electron chi connectivity index (χ3n) is 3.61. The number of hydrogen-bond donors (Lipinski definition) is 2. The van der Waals surface area contributed by atoms with Crippen molar-refractivity contribution in [3.05, 3.63) is 16.5 Å². The Balaban J connectivity index is 2.20. The van der Waals surface area contributed by atoms with Crippen LogP contribution in [0.1, 0.15) is 29.1 Å². The quantitative estimate of drug-likeness (QED) is 0.823. The smallest absolute Gasteiger partial charge is 0.341 e. The molecule has 1 aromatic heterocycles. The minimum atomic E-state index is -0.788. The van der Waals surface area contributed by atoms with Gasteiger partial charge < -0.3 is 20.5 Å². The van der Waals surface area contributed by atoms with Gasteiger partial charge in [-0.2, -0.15) is 0 Å². The summed E-state index contributed by atoms with van der Waals surface area (Å²) in [6.45, 7) is 6.31. The second-order valence-electron chi connectivity index (χ2n) is 5.31. The first-order valence-electron chi connectivity index (χ1n) is 6.80. The van der Waals surface area contributed by atoms with Crippen LogP contribution in [0, 0.1) is 12.3 Å². The van der Waals surface area contributed by atoms with Gasteiger partial charge in [-0.1, -0.05) is 0 Å². The van der Waals surface area contributed by atoms with Crippen LogP contribution in [0.2, 0.25) is 0 Å². The Morgan fingerprint density at radius 2 is 2.33 bits per heavy atom. The van der Waals surface area contributed by atoms with Gasteiger partial charge in [0, 0.05) is 10.9 Å². The van der Waals surface area contributed by atoms with Gasteiger partial charge in [0.15, 0.2) is 0 Å². The van der Waals surface area contributed by atoms with Gasteiger partial charge in [0.1, 0.15) is 5.00 Å². The average molecular weight is 312 g/mol. The van der Waals surface area contributed by atoms with E-state index >= 15 is 0 Å². The normalized spacial score (nSPS) is 24.9. The van der Waals surface area contributed by atoms with Gasteiger partial charge in [-0.3, -0.25) is 4.79 Å². The molecular formula is C14H20N2O4S. The fourth-order valence-corrected chi connectivity index (χ4v) is 3.03. The van der Waals surface area contributed by atoms with Crippen molar-refractivity contribution in [3.8, 4) is 0 Å². The van der Waals surface area contributed by atoms with Gasteiger partial charge in [-0.05, 0) is 26.8 Å². The number of rotatable bonds is 4. The van der Waals surface area contributed by atoms with Crippen LogP contribution in [0.5, 0.6) is 0 Å². The highest BCUT2D eigenvalue weighted by atomic mass is 32.1. The van der Waals surface area contributed by atoms with Crippen molar-refractivity contribution >= 4 is 28.2 Å². The van der Waals surface area contributed by atoms with E-state index in [0.717, 1.165) is 4.88 Å². The van der Waals surface area contributed by atoms with Gasteiger partial charge in [0.2, 0.25) is 5.91 Å². The largest absolute Gasteiger partial charge is 0.462 e. The molecule has 0 aromatic carbocycles. The fourth-order valence-electron chi connectivity index (χ4n) is 2.14. The van der Waals surface area contributed by atoms with E-state index in [4.69, 9.17) is 15.2 Å². The Kier molecular flexibility index (Phi) is 4.65. The first-order valence-corrected chi connectivity index (χ1v) is 7.62. The summed E-state index contributed by atoms with van der Waals surface area (Å²) in [4.78, 5) is 25.3. The molecule has 6 nitrogen and oxygen atoms in total. The minimum Gasteiger partial charge on any atom is -0.462 e.